The molecule has 166 valence electrons. The molecule has 0 amide bonds. The second-order valence-corrected chi connectivity index (χ2v) is 7.91. The summed E-state index contributed by atoms with van der Waals surface area (Å²) in [7, 11) is 1.48. The van der Waals surface area contributed by atoms with Gasteiger partial charge in [0.05, 0.1) is 7.11 Å². The number of fused-ring (bicyclic) bond motifs is 1. The number of halogens is 1. The molecule has 0 N–H and O–H groups in total. The van der Waals surface area contributed by atoms with Gasteiger partial charge in [-0.05, 0) is 19.3 Å². The molecule has 0 spiro atoms. The van der Waals surface area contributed by atoms with E-state index < -0.39 is 0 Å². The van der Waals surface area contributed by atoms with Crippen LogP contribution in [0.3, 0.4) is 0 Å². The Morgan fingerprint density at radius 1 is 0.710 bits per heavy atom. The number of hydrogen-bond donors (Lipinski definition) is 0. The summed E-state index contributed by atoms with van der Waals surface area (Å²) in [5.41, 5.74) is 1.50. The Hall–Kier alpha value is -2.27. The predicted octanol–water partition coefficient (Wildman–Crippen LogP) is 2.47. The van der Waals surface area contributed by atoms with Gasteiger partial charge >= 0.3 is 0 Å². The maximum Gasteiger partial charge on any atom is 0.228 e. The Bertz CT molecular complexity index is 893. The molecule has 1 heterocycles. The molecule has 0 radical (unpaired) electrons. The number of ether oxygens (including phenoxy) is 1. The van der Waals surface area contributed by atoms with Crippen molar-refractivity contribution in [2.45, 2.75) is 64.3 Å². The van der Waals surface area contributed by atoms with E-state index >= 15 is 0 Å². The molecule has 0 saturated carbocycles. The first-order valence-corrected chi connectivity index (χ1v) is 11.1. The lowest BCUT2D eigenvalue weighted by molar-refractivity contribution is -0.697. The number of nitrogens with zero attached hydrogens (tertiary/aromatic N) is 1. The van der Waals surface area contributed by atoms with Crippen LogP contribution in [0.5, 0.6) is 0 Å². The Balaban J connectivity index is 0.00000341. The number of aryl methyl sites for hydroxylation is 1. The van der Waals surface area contributed by atoms with Gasteiger partial charge in [-0.3, -0.25) is 9.59 Å². The van der Waals surface area contributed by atoms with Gasteiger partial charge in [0.2, 0.25) is 5.78 Å². The van der Waals surface area contributed by atoms with E-state index in [0.29, 0.717) is 23.1 Å². The van der Waals surface area contributed by atoms with E-state index in [4.69, 9.17) is 4.74 Å². The molecule has 0 atom stereocenters. The van der Waals surface area contributed by atoms with Crippen LogP contribution in [0.4, 0.5) is 0 Å². The van der Waals surface area contributed by atoms with Gasteiger partial charge in [-0.1, -0.05) is 62.4 Å². The van der Waals surface area contributed by atoms with Gasteiger partial charge in [0.1, 0.15) is 6.54 Å². The second kappa shape index (κ2) is 13.2. The number of unbranched alkanes of at least 4 members (excludes halogenated alkanes) is 7. The van der Waals surface area contributed by atoms with E-state index in [1.54, 1.807) is 24.3 Å². The topological polar surface area (TPSA) is 47.2 Å². The highest BCUT2D eigenvalue weighted by Crippen LogP contribution is 2.29. The number of benzene rings is 1. The van der Waals surface area contributed by atoms with Crippen molar-refractivity contribution in [2.24, 2.45) is 0 Å². The summed E-state index contributed by atoms with van der Waals surface area (Å²) in [5.74, 6) is 0.00434. The zero-order valence-electron chi connectivity index (χ0n) is 18.3. The quantitative estimate of drug-likeness (QED) is 0.342. The van der Waals surface area contributed by atoms with Crippen molar-refractivity contribution < 1.29 is 35.9 Å². The first-order chi connectivity index (χ1) is 14.7. The highest BCUT2D eigenvalue weighted by molar-refractivity contribution is 6.26. The summed E-state index contributed by atoms with van der Waals surface area (Å²) in [6.07, 6.45) is 14.2. The van der Waals surface area contributed by atoms with Crippen molar-refractivity contribution in [3.05, 3.63) is 77.3 Å². The average molecular weight is 486 g/mol. The van der Waals surface area contributed by atoms with Crippen LogP contribution in [0.15, 0.2) is 66.2 Å². The fraction of sp³-hybridized carbons (Fsp3) is 0.423. The average Bonchev–Trinajstić information content (AvgIpc) is 2.79. The molecule has 5 heteroatoms. The van der Waals surface area contributed by atoms with Crippen LogP contribution in [0.1, 0.15) is 78.5 Å². The molecule has 1 aliphatic rings. The van der Waals surface area contributed by atoms with Crippen molar-refractivity contribution in [3.8, 4) is 0 Å². The maximum absolute atomic E-state index is 12.8. The van der Waals surface area contributed by atoms with Crippen molar-refractivity contribution in [2.75, 3.05) is 7.11 Å². The van der Waals surface area contributed by atoms with Gasteiger partial charge in [0.15, 0.2) is 23.9 Å². The number of ketones is 2. The fourth-order valence-corrected chi connectivity index (χ4v) is 4.09. The van der Waals surface area contributed by atoms with E-state index in [9.17, 15) is 9.59 Å². The van der Waals surface area contributed by atoms with Crippen LogP contribution < -0.4 is 21.5 Å². The van der Waals surface area contributed by atoms with Crippen LogP contribution in [0.2, 0.25) is 0 Å². The molecule has 0 saturated heterocycles. The van der Waals surface area contributed by atoms with E-state index in [2.05, 4.69) is 29.1 Å². The standard InChI is InChI=1S/C26H32NO3.BrH/c1-30-26-23(24(28)21-15-10-11-16-22(21)25(26)29)17-9-6-4-2-3-5-7-12-18-27-19-13-8-14-20-27;/h8,10-11,13-16,19-20H,2-7,9,12,17-18H2,1H3;1H/q+1;/p-1. The zero-order valence-corrected chi connectivity index (χ0v) is 19.9. The smallest absolute Gasteiger partial charge is 0.228 e. The van der Waals surface area contributed by atoms with Gasteiger partial charge in [0, 0.05) is 35.3 Å². The molecule has 4 nitrogen and oxygen atoms in total. The molecular weight excluding hydrogens is 454 g/mol. The minimum absolute atomic E-state index is 0. The Morgan fingerprint density at radius 2 is 1.26 bits per heavy atom. The third kappa shape index (κ3) is 6.86. The molecule has 1 aliphatic carbocycles. The van der Waals surface area contributed by atoms with E-state index in [1.165, 1.54) is 45.6 Å². The molecule has 1 aromatic carbocycles. The Morgan fingerprint density at radius 3 is 1.87 bits per heavy atom. The third-order valence-corrected chi connectivity index (χ3v) is 5.75. The summed E-state index contributed by atoms with van der Waals surface area (Å²) in [6, 6.07) is 13.2. The Labute approximate surface area is 196 Å². The number of rotatable bonds is 12. The lowest BCUT2D eigenvalue weighted by Gasteiger charge is -2.19. The van der Waals surface area contributed by atoms with Gasteiger partial charge < -0.3 is 21.7 Å². The van der Waals surface area contributed by atoms with Crippen molar-refractivity contribution in [3.63, 3.8) is 0 Å². The lowest BCUT2D eigenvalue weighted by atomic mass is 9.86. The molecule has 2 aromatic rings. The van der Waals surface area contributed by atoms with E-state index in [1.807, 2.05) is 6.07 Å². The normalized spacial score (nSPS) is 13.1. The van der Waals surface area contributed by atoms with Crippen molar-refractivity contribution in [1.29, 1.82) is 0 Å². The third-order valence-electron chi connectivity index (χ3n) is 5.75. The molecule has 0 unspecified atom stereocenters. The van der Waals surface area contributed by atoms with Crippen LogP contribution >= 0.6 is 0 Å². The monoisotopic (exact) mass is 485 g/mol. The molecular formula is C26H32BrNO3. The number of methoxy groups -OCH3 is 1. The van der Waals surface area contributed by atoms with Gasteiger partial charge in [0.25, 0.3) is 0 Å². The zero-order chi connectivity index (χ0) is 21.2. The first-order valence-electron chi connectivity index (χ1n) is 11.1. The summed E-state index contributed by atoms with van der Waals surface area (Å²) in [4.78, 5) is 25.4. The second-order valence-electron chi connectivity index (χ2n) is 7.91. The Kier molecular flexibility index (Phi) is 10.6. The predicted molar refractivity (Wildman–Crippen MR) is 117 cm³/mol. The number of Topliss-reactive ketones (excluding diaryl/α,β-unsaturated/α-hetero) is 2. The van der Waals surface area contributed by atoms with Crippen LogP contribution in [-0.2, 0) is 11.3 Å². The van der Waals surface area contributed by atoms with Gasteiger partial charge in [-0.2, -0.15) is 0 Å². The van der Waals surface area contributed by atoms with Gasteiger partial charge in [-0.25, -0.2) is 4.57 Å². The summed E-state index contributed by atoms with van der Waals surface area (Å²) >= 11 is 0. The summed E-state index contributed by atoms with van der Waals surface area (Å²) < 4.78 is 7.55. The number of carbonyl (C=O) groups is 2. The minimum Gasteiger partial charge on any atom is -1.00 e. The van der Waals surface area contributed by atoms with Crippen molar-refractivity contribution in [1.82, 2.24) is 0 Å². The summed E-state index contributed by atoms with van der Waals surface area (Å²) in [5, 5.41) is 0. The molecule has 1 aromatic heterocycles. The van der Waals surface area contributed by atoms with Crippen LogP contribution in [0, 0.1) is 0 Å². The first kappa shape index (κ1) is 25.0. The summed E-state index contributed by atoms with van der Waals surface area (Å²) in [6.45, 7) is 1.09. The molecule has 31 heavy (non-hydrogen) atoms. The van der Waals surface area contributed by atoms with E-state index in [0.717, 1.165) is 19.4 Å². The molecule has 0 fully saturated rings. The minimum atomic E-state index is -0.170. The van der Waals surface area contributed by atoms with Gasteiger partial charge in [-0.15, -0.1) is 0 Å². The number of aromatic nitrogens is 1. The number of hydrogen-bond acceptors (Lipinski definition) is 3. The van der Waals surface area contributed by atoms with Crippen LogP contribution in [-0.4, -0.2) is 18.7 Å². The highest BCUT2D eigenvalue weighted by Gasteiger charge is 2.32. The lowest BCUT2D eigenvalue weighted by Crippen LogP contribution is -3.00. The van der Waals surface area contributed by atoms with Crippen LogP contribution in [0.25, 0.3) is 0 Å². The fourth-order valence-electron chi connectivity index (χ4n) is 4.09. The van der Waals surface area contributed by atoms with Crippen molar-refractivity contribution >= 4 is 11.6 Å². The SMILES string of the molecule is COC1=C(CCCCCCCCCC[n+]2ccccc2)C(=O)c2ccccc2C1=O.[Br-]. The number of pyridine rings is 1. The maximum atomic E-state index is 12.8. The molecule has 0 aliphatic heterocycles. The van der Waals surface area contributed by atoms with E-state index in [-0.39, 0.29) is 34.3 Å². The molecule has 3 rings (SSSR count). The molecule has 0 bridgehead atoms. The highest BCUT2D eigenvalue weighted by atomic mass is 79.9. The number of carbonyl (C=O) groups excluding carboxylic acids is 2. The number of allylic oxidation sites excluding steroid dienone is 2. The largest absolute Gasteiger partial charge is 1.00 e.